The van der Waals surface area contributed by atoms with Crippen LogP contribution in [0.25, 0.3) is 0 Å². The molecule has 2 heterocycles. The molecule has 0 radical (unpaired) electrons. The van der Waals surface area contributed by atoms with Crippen molar-refractivity contribution in [3.8, 4) is 5.75 Å². The predicted octanol–water partition coefficient (Wildman–Crippen LogP) is 3.71. The molecule has 142 valence electrons. The maximum Gasteiger partial charge on any atom is 0.191 e. The highest BCUT2D eigenvalue weighted by atomic mass is 127. The quantitative estimate of drug-likeness (QED) is 0.385. The minimum Gasteiger partial charge on any atom is -0.497 e. The molecule has 26 heavy (non-hydrogen) atoms. The molecule has 0 spiro atoms. The summed E-state index contributed by atoms with van der Waals surface area (Å²) in [5.74, 6) is 1.74. The molecule has 5 nitrogen and oxygen atoms in total. The van der Waals surface area contributed by atoms with Crippen LogP contribution in [0.5, 0.6) is 5.75 Å². The number of aliphatic imine (C=N–C) groups is 1. The van der Waals surface area contributed by atoms with Gasteiger partial charge in [0, 0.05) is 32.7 Å². The molecule has 1 aliphatic rings. The molecule has 0 aliphatic carbocycles. The highest BCUT2D eigenvalue weighted by molar-refractivity contribution is 14.0. The SMILES string of the molecule is CN=C(NCc1cccc(OC)c1)NC1CCN(c2cccs2)CC1.I. The van der Waals surface area contributed by atoms with Crippen LogP contribution in [0.15, 0.2) is 46.8 Å². The van der Waals surface area contributed by atoms with Crippen LogP contribution < -0.4 is 20.3 Å². The van der Waals surface area contributed by atoms with E-state index in [9.17, 15) is 0 Å². The molecule has 1 fully saturated rings. The molecule has 2 N–H and O–H groups in total. The Morgan fingerprint density at radius 1 is 1.27 bits per heavy atom. The number of thiophene rings is 1. The minimum absolute atomic E-state index is 0. The van der Waals surface area contributed by atoms with Gasteiger partial charge < -0.3 is 20.3 Å². The number of ether oxygens (including phenoxy) is 1. The van der Waals surface area contributed by atoms with Crippen molar-refractivity contribution in [1.82, 2.24) is 10.6 Å². The van der Waals surface area contributed by atoms with Crippen LogP contribution in [0.1, 0.15) is 18.4 Å². The maximum atomic E-state index is 5.27. The van der Waals surface area contributed by atoms with Gasteiger partial charge in [-0.05, 0) is 48.1 Å². The van der Waals surface area contributed by atoms with E-state index in [4.69, 9.17) is 4.74 Å². The van der Waals surface area contributed by atoms with Gasteiger partial charge in [0.2, 0.25) is 0 Å². The molecule has 0 atom stereocenters. The van der Waals surface area contributed by atoms with Crippen molar-refractivity contribution in [1.29, 1.82) is 0 Å². The zero-order chi connectivity index (χ0) is 17.5. The monoisotopic (exact) mass is 486 g/mol. The minimum atomic E-state index is 0. The molecule has 2 aromatic rings. The number of nitrogens with zero attached hydrogens (tertiary/aromatic N) is 2. The van der Waals surface area contributed by atoms with Gasteiger partial charge in [0.1, 0.15) is 5.75 Å². The van der Waals surface area contributed by atoms with Crippen molar-refractivity contribution in [3.63, 3.8) is 0 Å². The number of methoxy groups -OCH3 is 1. The third kappa shape index (κ3) is 5.77. The maximum absolute atomic E-state index is 5.27. The number of piperidine rings is 1. The zero-order valence-corrected chi connectivity index (χ0v) is 18.4. The zero-order valence-electron chi connectivity index (χ0n) is 15.3. The number of hydrogen-bond donors (Lipinski definition) is 2. The first kappa shape index (κ1) is 20.8. The lowest BCUT2D eigenvalue weighted by molar-refractivity contribution is 0.414. The fourth-order valence-corrected chi connectivity index (χ4v) is 3.84. The van der Waals surface area contributed by atoms with Crippen LogP contribution in [0.3, 0.4) is 0 Å². The van der Waals surface area contributed by atoms with Crippen molar-refractivity contribution in [3.05, 3.63) is 47.3 Å². The molecule has 1 aliphatic heterocycles. The second-order valence-electron chi connectivity index (χ2n) is 6.13. The van der Waals surface area contributed by atoms with Crippen molar-refractivity contribution in [2.75, 3.05) is 32.1 Å². The number of halogens is 1. The second-order valence-corrected chi connectivity index (χ2v) is 7.06. The van der Waals surface area contributed by atoms with E-state index in [0.717, 1.165) is 44.2 Å². The van der Waals surface area contributed by atoms with Gasteiger partial charge in [-0.25, -0.2) is 0 Å². The Labute approximate surface area is 176 Å². The second kappa shape index (κ2) is 10.6. The third-order valence-electron chi connectivity index (χ3n) is 4.47. The summed E-state index contributed by atoms with van der Waals surface area (Å²) in [7, 11) is 3.51. The van der Waals surface area contributed by atoms with Crippen LogP contribution >= 0.6 is 35.3 Å². The Balaban J connectivity index is 0.00000243. The van der Waals surface area contributed by atoms with E-state index in [0.29, 0.717) is 6.04 Å². The van der Waals surface area contributed by atoms with Crippen molar-refractivity contribution >= 4 is 46.3 Å². The van der Waals surface area contributed by atoms with Crippen molar-refractivity contribution in [2.24, 2.45) is 4.99 Å². The summed E-state index contributed by atoms with van der Waals surface area (Å²) >= 11 is 1.82. The Bertz CT molecular complexity index is 685. The number of rotatable bonds is 5. The number of hydrogen-bond acceptors (Lipinski definition) is 4. The van der Waals surface area contributed by atoms with Crippen LogP contribution in [0.4, 0.5) is 5.00 Å². The number of anilines is 1. The van der Waals surface area contributed by atoms with E-state index in [2.05, 4.69) is 44.1 Å². The van der Waals surface area contributed by atoms with E-state index >= 15 is 0 Å². The number of nitrogens with one attached hydrogen (secondary N) is 2. The average Bonchev–Trinajstić information content (AvgIpc) is 3.20. The lowest BCUT2D eigenvalue weighted by atomic mass is 10.1. The summed E-state index contributed by atoms with van der Waals surface area (Å²) in [5, 5.41) is 10.5. The summed E-state index contributed by atoms with van der Waals surface area (Å²) in [4.78, 5) is 6.83. The summed E-state index contributed by atoms with van der Waals surface area (Å²) in [6.07, 6.45) is 2.25. The van der Waals surface area contributed by atoms with Crippen LogP contribution in [-0.4, -0.2) is 39.2 Å². The highest BCUT2D eigenvalue weighted by Gasteiger charge is 2.20. The lowest BCUT2D eigenvalue weighted by Crippen LogP contribution is -2.48. The fraction of sp³-hybridized carbons (Fsp3) is 0.421. The Morgan fingerprint density at radius 2 is 2.08 bits per heavy atom. The van der Waals surface area contributed by atoms with E-state index in [1.807, 2.05) is 36.6 Å². The standard InChI is InChI=1S/C19H26N4OS.HI/c1-20-19(21-14-15-5-3-6-17(13-15)24-2)22-16-8-10-23(11-9-16)18-7-4-12-25-18;/h3-7,12-13,16H,8-11,14H2,1-2H3,(H2,20,21,22);1H. The first-order valence-corrected chi connectivity index (χ1v) is 9.55. The number of guanidine groups is 1. The van der Waals surface area contributed by atoms with Gasteiger partial charge >= 0.3 is 0 Å². The van der Waals surface area contributed by atoms with Gasteiger partial charge in [0.25, 0.3) is 0 Å². The smallest absolute Gasteiger partial charge is 0.191 e. The number of benzene rings is 1. The highest BCUT2D eigenvalue weighted by Crippen LogP contribution is 2.24. The van der Waals surface area contributed by atoms with Crippen LogP contribution in [-0.2, 0) is 6.54 Å². The van der Waals surface area contributed by atoms with Gasteiger partial charge in [0.15, 0.2) is 5.96 Å². The topological polar surface area (TPSA) is 48.9 Å². The van der Waals surface area contributed by atoms with Crippen molar-refractivity contribution < 1.29 is 4.74 Å². The molecule has 7 heteroatoms. The molecule has 0 unspecified atom stereocenters. The normalized spacial score (nSPS) is 15.3. The fourth-order valence-electron chi connectivity index (χ4n) is 3.05. The predicted molar refractivity (Wildman–Crippen MR) is 121 cm³/mol. The lowest BCUT2D eigenvalue weighted by Gasteiger charge is -2.33. The average molecular weight is 486 g/mol. The van der Waals surface area contributed by atoms with Crippen LogP contribution in [0, 0.1) is 0 Å². The largest absolute Gasteiger partial charge is 0.497 e. The summed E-state index contributed by atoms with van der Waals surface area (Å²) in [6.45, 7) is 2.90. The van der Waals surface area contributed by atoms with Gasteiger partial charge in [0.05, 0.1) is 12.1 Å². The molecule has 0 amide bonds. The van der Waals surface area contributed by atoms with E-state index in [-0.39, 0.29) is 24.0 Å². The van der Waals surface area contributed by atoms with Gasteiger partial charge in [-0.2, -0.15) is 0 Å². The van der Waals surface area contributed by atoms with E-state index in [1.165, 1.54) is 10.6 Å². The van der Waals surface area contributed by atoms with Gasteiger partial charge in [-0.1, -0.05) is 12.1 Å². The van der Waals surface area contributed by atoms with E-state index < -0.39 is 0 Å². The molecule has 1 aromatic carbocycles. The Hall–Kier alpha value is -1.48. The molecule has 1 aromatic heterocycles. The Morgan fingerprint density at radius 3 is 2.73 bits per heavy atom. The molecular weight excluding hydrogens is 459 g/mol. The summed E-state index contributed by atoms with van der Waals surface area (Å²) in [6, 6.07) is 12.9. The molecule has 3 rings (SSSR count). The van der Waals surface area contributed by atoms with E-state index in [1.54, 1.807) is 7.11 Å². The van der Waals surface area contributed by atoms with Crippen LogP contribution in [0.2, 0.25) is 0 Å². The molecule has 1 saturated heterocycles. The first-order valence-electron chi connectivity index (χ1n) is 8.67. The molecule has 0 bridgehead atoms. The third-order valence-corrected chi connectivity index (χ3v) is 5.40. The summed E-state index contributed by atoms with van der Waals surface area (Å²) < 4.78 is 5.27. The van der Waals surface area contributed by atoms with Gasteiger partial charge in [-0.3, -0.25) is 4.99 Å². The molecule has 0 saturated carbocycles. The summed E-state index contributed by atoms with van der Waals surface area (Å²) in [5.41, 5.74) is 1.18. The van der Waals surface area contributed by atoms with Gasteiger partial charge in [-0.15, -0.1) is 35.3 Å². The first-order chi connectivity index (χ1) is 12.3. The van der Waals surface area contributed by atoms with Crippen molar-refractivity contribution in [2.45, 2.75) is 25.4 Å². The molecular formula is C19H27IN4OS. The Kier molecular flexibility index (Phi) is 8.50.